The van der Waals surface area contributed by atoms with Crippen LogP contribution < -0.4 is 11.1 Å². The predicted octanol–water partition coefficient (Wildman–Crippen LogP) is 3.79. The van der Waals surface area contributed by atoms with Crippen LogP contribution in [0.25, 0.3) is 0 Å². The highest BCUT2D eigenvalue weighted by Crippen LogP contribution is 2.36. The average molecular weight is 320 g/mol. The van der Waals surface area contributed by atoms with Gasteiger partial charge in [-0.15, -0.1) is 0 Å². The molecule has 122 valence electrons. The number of ketones is 2. The molecule has 0 heterocycles. The molecule has 0 saturated heterocycles. The van der Waals surface area contributed by atoms with Crippen LogP contribution in [0, 0.1) is 0 Å². The number of hydrogen-bond acceptors (Lipinski definition) is 4. The maximum atomic E-state index is 13.0. The predicted molar refractivity (Wildman–Crippen MR) is 94.7 cm³/mol. The molecule has 2 aliphatic rings. The highest BCUT2D eigenvalue weighted by molar-refractivity contribution is 6.31. The number of anilines is 2. The Morgan fingerprint density at radius 2 is 1.46 bits per heavy atom. The third-order valence-electron chi connectivity index (χ3n) is 5.07. The van der Waals surface area contributed by atoms with Gasteiger partial charge < -0.3 is 11.1 Å². The van der Waals surface area contributed by atoms with Gasteiger partial charge in [-0.2, -0.15) is 0 Å². The molecule has 3 N–H and O–H groups in total. The van der Waals surface area contributed by atoms with Crippen LogP contribution >= 0.6 is 0 Å². The Morgan fingerprint density at radius 1 is 0.833 bits per heavy atom. The zero-order valence-electron chi connectivity index (χ0n) is 13.5. The number of carbonyl (C=O) groups is 2. The van der Waals surface area contributed by atoms with Gasteiger partial charge in [-0.1, -0.05) is 43.5 Å². The monoisotopic (exact) mass is 320 g/mol. The maximum Gasteiger partial charge on any atom is 0.196 e. The third-order valence-corrected chi connectivity index (χ3v) is 5.07. The fourth-order valence-electron chi connectivity index (χ4n) is 3.83. The minimum Gasteiger partial charge on any atom is -0.398 e. The second kappa shape index (κ2) is 5.78. The molecule has 0 atom stereocenters. The molecule has 24 heavy (non-hydrogen) atoms. The minimum atomic E-state index is -0.162. The average Bonchev–Trinajstić information content (AvgIpc) is 2.62. The van der Waals surface area contributed by atoms with E-state index in [0.717, 1.165) is 18.5 Å². The van der Waals surface area contributed by atoms with E-state index in [1.165, 1.54) is 19.3 Å². The molecule has 0 radical (unpaired) electrons. The molecule has 0 bridgehead atoms. The van der Waals surface area contributed by atoms with Gasteiger partial charge in [0.05, 0.1) is 11.1 Å². The molecule has 0 aliphatic heterocycles. The first-order valence-electron chi connectivity index (χ1n) is 8.54. The number of carbonyl (C=O) groups excluding carboxylic acids is 2. The normalized spacial score (nSPS) is 17.3. The molecule has 0 unspecified atom stereocenters. The van der Waals surface area contributed by atoms with Gasteiger partial charge in [-0.25, -0.2) is 0 Å². The summed E-state index contributed by atoms with van der Waals surface area (Å²) < 4.78 is 0. The summed E-state index contributed by atoms with van der Waals surface area (Å²) in [5, 5.41) is 3.49. The number of nitrogen functional groups attached to an aromatic ring is 1. The Balaban J connectivity index is 1.82. The van der Waals surface area contributed by atoms with Crippen LogP contribution in [0.15, 0.2) is 36.4 Å². The van der Waals surface area contributed by atoms with Gasteiger partial charge in [-0.3, -0.25) is 9.59 Å². The van der Waals surface area contributed by atoms with Crippen LogP contribution in [0.3, 0.4) is 0 Å². The van der Waals surface area contributed by atoms with Gasteiger partial charge in [0.2, 0.25) is 0 Å². The zero-order chi connectivity index (χ0) is 16.7. The van der Waals surface area contributed by atoms with Crippen molar-refractivity contribution in [2.24, 2.45) is 0 Å². The molecule has 4 rings (SSSR count). The van der Waals surface area contributed by atoms with E-state index in [4.69, 9.17) is 5.73 Å². The van der Waals surface area contributed by atoms with E-state index in [1.807, 2.05) is 6.07 Å². The molecule has 2 aliphatic carbocycles. The molecule has 4 nitrogen and oxygen atoms in total. The molecule has 2 aromatic rings. The fraction of sp³-hybridized carbons (Fsp3) is 0.300. The van der Waals surface area contributed by atoms with Crippen molar-refractivity contribution in [2.75, 3.05) is 11.1 Å². The van der Waals surface area contributed by atoms with E-state index in [9.17, 15) is 9.59 Å². The van der Waals surface area contributed by atoms with Crippen molar-refractivity contribution < 1.29 is 9.59 Å². The van der Waals surface area contributed by atoms with Crippen LogP contribution in [-0.4, -0.2) is 17.6 Å². The van der Waals surface area contributed by atoms with E-state index < -0.39 is 0 Å². The second-order valence-corrected chi connectivity index (χ2v) is 6.64. The smallest absolute Gasteiger partial charge is 0.196 e. The maximum absolute atomic E-state index is 13.0. The molecule has 0 amide bonds. The summed E-state index contributed by atoms with van der Waals surface area (Å²) in [6.07, 6.45) is 5.85. The molecule has 4 heteroatoms. The summed E-state index contributed by atoms with van der Waals surface area (Å²) in [7, 11) is 0. The van der Waals surface area contributed by atoms with Crippen molar-refractivity contribution in [3.8, 4) is 0 Å². The Labute approximate surface area is 141 Å². The highest BCUT2D eigenvalue weighted by Gasteiger charge is 2.33. The fourth-order valence-corrected chi connectivity index (χ4v) is 3.83. The molecule has 1 fully saturated rings. The first-order valence-corrected chi connectivity index (χ1v) is 8.54. The summed E-state index contributed by atoms with van der Waals surface area (Å²) in [6.45, 7) is 0. The lowest BCUT2D eigenvalue weighted by atomic mass is 9.82. The number of hydrogen-bond donors (Lipinski definition) is 2. The zero-order valence-corrected chi connectivity index (χ0v) is 13.5. The van der Waals surface area contributed by atoms with Gasteiger partial charge in [0.25, 0.3) is 0 Å². The number of fused-ring (bicyclic) bond motifs is 2. The van der Waals surface area contributed by atoms with E-state index in [-0.39, 0.29) is 11.6 Å². The van der Waals surface area contributed by atoms with Gasteiger partial charge in [0.15, 0.2) is 11.6 Å². The van der Waals surface area contributed by atoms with Gasteiger partial charge in [-0.05, 0) is 25.0 Å². The second-order valence-electron chi connectivity index (χ2n) is 6.64. The van der Waals surface area contributed by atoms with Crippen LogP contribution in [0.2, 0.25) is 0 Å². The molecule has 0 aromatic heterocycles. The van der Waals surface area contributed by atoms with Crippen molar-refractivity contribution in [3.63, 3.8) is 0 Å². The number of rotatable bonds is 2. The lowest BCUT2D eigenvalue weighted by Crippen LogP contribution is -2.27. The van der Waals surface area contributed by atoms with E-state index in [0.29, 0.717) is 34.0 Å². The van der Waals surface area contributed by atoms with Crippen LogP contribution in [0.5, 0.6) is 0 Å². The molecule has 2 aromatic carbocycles. The van der Waals surface area contributed by atoms with E-state index >= 15 is 0 Å². The van der Waals surface area contributed by atoms with Crippen LogP contribution in [-0.2, 0) is 0 Å². The molecular weight excluding hydrogens is 300 g/mol. The summed E-state index contributed by atoms with van der Waals surface area (Å²) >= 11 is 0. The van der Waals surface area contributed by atoms with E-state index in [1.54, 1.807) is 30.3 Å². The quantitative estimate of drug-likeness (QED) is 0.705. The third kappa shape index (κ3) is 2.30. The van der Waals surface area contributed by atoms with Crippen molar-refractivity contribution in [3.05, 3.63) is 58.7 Å². The van der Waals surface area contributed by atoms with Crippen molar-refractivity contribution in [1.82, 2.24) is 0 Å². The lowest BCUT2D eigenvalue weighted by molar-refractivity contribution is 0.0980. The van der Waals surface area contributed by atoms with Crippen molar-refractivity contribution in [1.29, 1.82) is 0 Å². The van der Waals surface area contributed by atoms with Gasteiger partial charge in [0, 0.05) is 28.5 Å². The number of benzene rings is 2. The van der Waals surface area contributed by atoms with Crippen LogP contribution in [0.1, 0.15) is 63.9 Å². The van der Waals surface area contributed by atoms with E-state index in [2.05, 4.69) is 5.32 Å². The molecule has 0 spiro atoms. The summed E-state index contributed by atoms with van der Waals surface area (Å²) in [6, 6.07) is 10.9. The number of nitrogens with one attached hydrogen (secondary N) is 1. The Morgan fingerprint density at radius 3 is 2.12 bits per heavy atom. The standard InChI is InChI=1S/C20H20N2O2/c21-15-10-11-16(22-12-6-2-1-3-7-12)18-17(15)19(23)13-8-4-5-9-14(13)20(18)24/h4-5,8-12,22H,1-3,6-7,21H2. The Hall–Kier alpha value is -2.62. The largest absolute Gasteiger partial charge is 0.398 e. The minimum absolute atomic E-state index is 0.120. The van der Waals surface area contributed by atoms with Crippen LogP contribution in [0.4, 0.5) is 11.4 Å². The number of nitrogens with two attached hydrogens (primary N) is 1. The first-order chi connectivity index (χ1) is 11.7. The first kappa shape index (κ1) is 14.9. The van der Waals surface area contributed by atoms with Crippen molar-refractivity contribution in [2.45, 2.75) is 38.1 Å². The topological polar surface area (TPSA) is 72.2 Å². The Bertz CT molecular complexity index is 836. The summed E-state index contributed by atoms with van der Waals surface area (Å²) in [4.78, 5) is 25.9. The highest BCUT2D eigenvalue weighted by atomic mass is 16.1. The lowest BCUT2D eigenvalue weighted by Gasteiger charge is -2.27. The van der Waals surface area contributed by atoms with Crippen molar-refractivity contribution >= 4 is 22.9 Å². The Kier molecular flexibility index (Phi) is 3.60. The SMILES string of the molecule is Nc1ccc(NC2CCCCC2)c2c1C(=O)c1ccccc1C2=O. The van der Waals surface area contributed by atoms with Gasteiger partial charge in [0.1, 0.15) is 0 Å². The molecular formula is C20H20N2O2. The summed E-state index contributed by atoms with van der Waals surface area (Å²) in [5.74, 6) is -0.282. The van der Waals surface area contributed by atoms with Gasteiger partial charge >= 0.3 is 0 Å². The summed E-state index contributed by atoms with van der Waals surface area (Å²) in [5.41, 5.74) is 8.84. The molecule has 1 saturated carbocycles.